The first-order valence-electron chi connectivity index (χ1n) is 4.70. The number of pyridine rings is 2. The van der Waals surface area contributed by atoms with E-state index < -0.39 is 10.4 Å². The van der Waals surface area contributed by atoms with Gasteiger partial charge < -0.3 is 9.11 Å². The molecule has 2 aromatic rings. The standard InChI is InChI=1S/2C5H5ClN.H2O4S/c2*6-7-4-2-1-3-5-7;1-5(2,3)4/h2*1-5H;(H2,1,2,3,4)/q2*+1;/p-2. The van der Waals surface area contributed by atoms with Crippen molar-refractivity contribution in [3.63, 3.8) is 0 Å². The third-order valence-electron chi connectivity index (χ3n) is 1.36. The largest absolute Gasteiger partial charge is 0.759 e. The van der Waals surface area contributed by atoms with Gasteiger partial charge in [-0.2, -0.15) is 0 Å². The molecule has 104 valence electrons. The Bertz CT molecular complexity index is 507. The zero-order valence-corrected chi connectivity index (χ0v) is 11.8. The van der Waals surface area contributed by atoms with Gasteiger partial charge >= 0.3 is 0 Å². The van der Waals surface area contributed by atoms with Gasteiger partial charge in [0.05, 0.1) is 0 Å². The third kappa shape index (κ3) is 16.8. The van der Waals surface area contributed by atoms with Crippen LogP contribution in [0.5, 0.6) is 0 Å². The number of hydrogen-bond donors (Lipinski definition) is 0. The van der Waals surface area contributed by atoms with Crippen molar-refractivity contribution >= 4 is 34.0 Å². The third-order valence-corrected chi connectivity index (χ3v) is 1.81. The smallest absolute Gasteiger partial charge is 0.267 e. The molecule has 2 rings (SSSR count). The Morgan fingerprint density at radius 3 is 1.00 bits per heavy atom. The summed E-state index contributed by atoms with van der Waals surface area (Å²) in [5.74, 6) is 0. The maximum atomic E-state index is 8.52. The second-order valence-electron chi connectivity index (χ2n) is 2.85. The van der Waals surface area contributed by atoms with Crippen LogP contribution in [-0.2, 0) is 10.4 Å². The normalized spacial score (nSPS) is 9.47. The topological polar surface area (TPSA) is 88.0 Å². The maximum Gasteiger partial charge on any atom is 0.267 e. The molecular weight excluding hydrogens is 315 g/mol. The minimum absolute atomic E-state index is 1.47. The molecule has 0 radical (unpaired) electrons. The zero-order valence-electron chi connectivity index (χ0n) is 9.47. The van der Waals surface area contributed by atoms with Gasteiger partial charge in [0.2, 0.25) is 0 Å². The lowest BCUT2D eigenvalue weighted by Gasteiger charge is -2.06. The van der Waals surface area contributed by atoms with Gasteiger partial charge in [-0.3, -0.25) is 8.42 Å². The number of halogens is 2. The van der Waals surface area contributed by atoms with Gasteiger partial charge in [-0.25, -0.2) is 0 Å². The lowest BCUT2D eigenvalue weighted by Crippen LogP contribution is -2.16. The first kappa shape index (κ1) is 17.8. The predicted molar refractivity (Wildman–Crippen MR) is 66.3 cm³/mol. The van der Waals surface area contributed by atoms with Gasteiger partial charge in [-0.15, -0.1) is 0 Å². The quantitative estimate of drug-likeness (QED) is 0.524. The van der Waals surface area contributed by atoms with Crippen LogP contribution < -0.4 is 8.17 Å². The van der Waals surface area contributed by atoms with E-state index in [1.54, 1.807) is 24.8 Å². The summed E-state index contributed by atoms with van der Waals surface area (Å²) in [6, 6.07) is 11.3. The molecular formula is C10H10Cl2N2O4S. The first-order chi connectivity index (χ1) is 8.79. The SMILES string of the molecule is Cl[n+]1ccccc1.Cl[n+]1ccccc1.O=S(=O)([O-])[O-]. The van der Waals surface area contributed by atoms with Crippen LogP contribution in [0.4, 0.5) is 0 Å². The van der Waals surface area contributed by atoms with Crippen molar-refractivity contribution in [2.75, 3.05) is 0 Å². The molecule has 0 bridgehead atoms. The van der Waals surface area contributed by atoms with Crippen LogP contribution in [0.2, 0.25) is 0 Å². The van der Waals surface area contributed by atoms with Crippen LogP contribution >= 0.6 is 23.6 Å². The van der Waals surface area contributed by atoms with Gasteiger partial charge in [0.15, 0.2) is 24.8 Å². The summed E-state index contributed by atoms with van der Waals surface area (Å²) in [7, 11) is -5.17. The Kier molecular flexibility index (Phi) is 9.02. The van der Waals surface area contributed by atoms with E-state index in [-0.39, 0.29) is 0 Å². The molecule has 0 fully saturated rings. The molecule has 9 heteroatoms. The van der Waals surface area contributed by atoms with Gasteiger partial charge in [0.1, 0.15) is 0 Å². The number of hydrogen-bond acceptors (Lipinski definition) is 4. The summed E-state index contributed by atoms with van der Waals surface area (Å²) < 4.78 is 37.0. The van der Waals surface area contributed by atoms with Gasteiger partial charge in [-0.05, 0) is 0 Å². The van der Waals surface area contributed by atoms with Crippen LogP contribution in [0.3, 0.4) is 0 Å². The summed E-state index contributed by atoms with van der Waals surface area (Å²) in [5, 5.41) is 0. The van der Waals surface area contributed by atoms with Crippen LogP contribution in [-0.4, -0.2) is 17.5 Å². The van der Waals surface area contributed by atoms with E-state index in [4.69, 9.17) is 41.1 Å². The van der Waals surface area contributed by atoms with Crippen molar-refractivity contribution in [2.45, 2.75) is 0 Å². The summed E-state index contributed by atoms with van der Waals surface area (Å²) >= 11 is 10.9. The van der Waals surface area contributed by atoms with Gasteiger partial charge in [0, 0.05) is 34.7 Å². The molecule has 0 atom stereocenters. The number of aromatic nitrogens is 2. The van der Waals surface area contributed by atoms with Gasteiger partial charge in [0.25, 0.3) is 23.6 Å². The van der Waals surface area contributed by atoms with Crippen molar-refractivity contribution in [3.8, 4) is 0 Å². The highest BCUT2D eigenvalue weighted by Crippen LogP contribution is 1.76. The van der Waals surface area contributed by atoms with Crippen LogP contribution in [0.1, 0.15) is 0 Å². The fraction of sp³-hybridized carbons (Fsp3) is 0. The van der Waals surface area contributed by atoms with E-state index in [0.717, 1.165) is 0 Å². The Morgan fingerprint density at radius 1 is 0.684 bits per heavy atom. The van der Waals surface area contributed by atoms with E-state index in [2.05, 4.69) is 0 Å². The molecule has 2 heterocycles. The Balaban J connectivity index is 0.000000261. The van der Waals surface area contributed by atoms with Crippen LogP contribution in [0.15, 0.2) is 61.2 Å². The molecule has 0 saturated carbocycles. The molecule has 0 aliphatic rings. The van der Waals surface area contributed by atoms with Crippen molar-refractivity contribution in [1.29, 1.82) is 0 Å². The van der Waals surface area contributed by atoms with Crippen molar-refractivity contribution in [2.24, 2.45) is 0 Å². The molecule has 0 aromatic carbocycles. The molecule has 2 aromatic heterocycles. The second-order valence-corrected chi connectivity index (χ2v) is 4.44. The molecule has 0 unspecified atom stereocenters. The Labute approximate surface area is 121 Å². The zero-order chi connectivity index (χ0) is 14.7. The summed E-state index contributed by atoms with van der Waals surface area (Å²) in [6.45, 7) is 0. The average Bonchev–Trinajstić information content (AvgIpc) is 2.29. The summed E-state index contributed by atoms with van der Waals surface area (Å²) in [4.78, 5) is 0. The van der Waals surface area contributed by atoms with E-state index in [0.29, 0.717) is 0 Å². The van der Waals surface area contributed by atoms with E-state index >= 15 is 0 Å². The fourth-order valence-electron chi connectivity index (χ4n) is 0.755. The highest BCUT2D eigenvalue weighted by molar-refractivity contribution is 7.79. The Hall–Kier alpha value is -1.25. The molecule has 19 heavy (non-hydrogen) atoms. The maximum absolute atomic E-state index is 8.52. The number of nitrogens with zero attached hydrogens (tertiary/aromatic N) is 2. The average molecular weight is 325 g/mol. The van der Waals surface area contributed by atoms with Crippen molar-refractivity contribution in [1.82, 2.24) is 0 Å². The minimum atomic E-state index is -5.17. The second kappa shape index (κ2) is 9.65. The lowest BCUT2D eigenvalue weighted by atomic mass is 10.5. The fourth-order valence-corrected chi connectivity index (χ4v) is 1.02. The molecule has 0 amide bonds. The monoisotopic (exact) mass is 324 g/mol. The Morgan fingerprint density at radius 2 is 0.895 bits per heavy atom. The van der Waals surface area contributed by atoms with Crippen LogP contribution in [0, 0.1) is 0 Å². The highest BCUT2D eigenvalue weighted by Gasteiger charge is 1.84. The van der Waals surface area contributed by atoms with E-state index in [9.17, 15) is 0 Å². The highest BCUT2D eigenvalue weighted by atomic mass is 35.5. The molecule has 0 spiro atoms. The lowest BCUT2D eigenvalue weighted by molar-refractivity contribution is -0.519. The predicted octanol–water partition coefficient (Wildman–Crippen LogP) is 0.614. The molecule has 6 nitrogen and oxygen atoms in total. The van der Waals surface area contributed by atoms with E-state index in [1.165, 1.54) is 8.17 Å². The summed E-state index contributed by atoms with van der Waals surface area (Å²) in [6.07, 6.45) is 7.06. The van der Waals surface area contributed by atoms with Crippen molar-refractivity contribution in [3.05, 3.63) is 61.2 Å². The molecule has 0 aliphatic carbocycles. The summed E-state index contributed by atoms with van der Waals surface area (Å²) in [5.41, 5.74) is 0. The molecule has 0 saturated heterocycles. The van der Waals surface area contributed by atoms with E-state index in [1.807, 2.05) is 36.4 Å². The molecule has 0 N–H and O–H groups in total. The molecule has 0 aliphatic heterocycles. The van der Waals surface area contributed by atoms with Crippen molar-refractivity contribution < 1.29 is 25.7 Å². The first-order valence-corrected chi connectivity index (χ1v) is 6.71. The minimum Gasteiger partial charge on any atom is -0.759 e. The van der Waals surface area contributed by atoms with Crippen LogP contribution in [0.25, 0.3) is 0 Å². The van der Waals surface area contributed by atoms with Gasteiger partial charge in [-0.1, -0.05) is 20.3 Å². The number of rotatable bonds is 0.